The summed E-state index contributed by atoms with van der Waals surface area (Å²) in [5, 5.41) is 4.10. The Morgan fingerprint density at radius 3 is 2.37 bits per heavy atom. The third-order valence-electron chi connectivity index (χ3n) is 4.89. The fourth-order valence-electron chi connectivity index (χ4n) is 3.22. The molecule has 1 aliphatic rings. The zero-order valence-corrected chi connectivity index (χ0v) is 15.3. The SMILES string of the molecule is CCc1ccc(C(=O)N2CCN(c3noc(-c4ccccc4)n3)CC2)cc1. The molecule has 6 nitrogen and oxygen atoms in total. The van der Waals surface area contributed by atoms with Crippen LogP contribution in [0.3, 0.4) is 0 Å². The van der Waals surface area contributed by atoms with Crippen molar-refractivity contribution in [2.45, 2.75) is 13.3 Å². The molecule has 0 radical (unpaired) electrons. The normalized spacial score (nSPS) is 14.4. The summed E-state index contributed by atoms with van der Waals surface area (Å²) in [6.07, 6.45) is 0.975. The van der Waals surface area contributed by atoms with Gasteiger partial charge < -0.3 is 14.3 Å². The Morgan fingerprint density at radius 1 is 1.00 bits per heavy atom. The van der Waals surface area contributed by atoms with Crippen molar-refractivity contribution in [3.63, 3.8) is 0 Å². The number of benzene rings is 2. The summed E-state index contributed by atoms with van der Waals surface area (Å²) in [7, 11) is 0. The number of nitrogens with zero attached hydrogens (tertiary/aromatic N) is 4. The first-order valence-electron chi connectivity index (χ1n) is 9.27. The molecular weight excluding hydrogens is 340 g/mol. The van der Waals surface area contributed by atoms with E-state index in [0.29, 0.717) is 38.0 Å². The summed E-state index contributed by atoms with van der Waals surface area (Å²) < 4.78 is 5.39. The molecule has 1 aliphatic heterocycles. The quantitative estimate of drug-likeness (QED) is 0.713. The number of amides is 1. The van der Waals surface area contributed by atoms with Gasteiger partial charge in [-0.3, -0.25) is 4.79 Å². The lowest BCUT2D eigenvalue weighted by Crippen LogP contribution is -2.49. The number of anilines is 1. The Labute approximate surface area is 158 Å². The number of hydrogen-bond donors (Lipinski definition) is 0. The van der Waals surface area contributed by atoms with Crippen molar-refractivity contribution in [1.29, 1.82) is 0 Å². The van der Waals surface area contributed by atoms with Gasteiger partial charge in [0.05, 0.1) is 0 Å². The lowest BCUT2D eigenvalue weighted by atomic mass is 10.1. The second kappa shape index (κ2) is 7.61. The molecule has 4 rings (SSSR count). The van der Waals surface area contributed by atoms with E-state index < -0.39 is 0 Å². The van der Waals surface area contributed by atoms with Gasteiger partial charge in [0.2, 0.25) is 0 Å². The fourth-order valence-corrected chi connectivity index (χ4v) is 3.22. The van der Waals surface area contributed by atoms with Crippen LogP contribution in [0.25, 0.3) is 11.5 Å². The minimum atomic E-state index is 0.0791. The number of piperazine rings is 1. The third-order valence-corrected chi connectivity index (χ3v) is 4.89. The molecule has 0 N–H and O–H groups in total. The van der Waals surface area contributed by atoms with Crippen LogP contribution in [-0.4, -0.2) is 47.1 Å². The van der Waals surface area contributed by atoms with Crippen molar-refractivity contribution in [3.8, 4) is 11.5 Å². The molecule has 2 aromatic carbocycles. The molecule has 0 unspecified atom stereocenters. The maximum atomic E-state index is 12.7. The molecule has 0 atom stereocenters. The molecule has 0 spiro atoms. The van der Waals surface area contributed by atoms with Crippen molar-refractivity contribution in [3.05, 3.63) is 65.7 Å². The fraction of sp³-hybridized carbons (Fsp3) is 0.286. The van der Waals surface area contributed by atoms with Gasteiger partial charge in [-0.05, 0) is 41.4 Å². The Kier molecular flexibility index (Phi) is 4.87. The van der Waals surface area contributed by atoms with Crippen LogP contribution in [0.1, 0.15) is 22.8 Å². The topological polar surface area (TPSA) is 62.5 Å². The van der Waals surface area contributed by atoms with Gasteiger partial charge in [0.15, 0.2) is 0 Å². The van der Waals surface area contributed by atoms with E-state index in [2.05, 4.69) is 22.0 Å². The van der Waals surface area contributed by atoms with Gasteiger partial charge in [-0.25, -0.2) is 0 Å². The van der Waals surface area contributed by atoms with Gasteiger partial charge in [0, 0.05) is 37.3 Å². The average Bonchev–Trinajstić information content (AvgIpc) is 3.24. The van der Waals surface area contributed by atoms with Gasteiger partial charge in [-0.15, -0.1) is 0 Å². The molecule has 27 heavy (non-hydrogen) atoms. The highest BCUT2D eigenvalue weighted by Gasteiger charge is 2.24. The molecule has 0 aliphatic carbocycles. The van der Waals surface area contributed by atoms with Gasteiger partial charge >= 0.3 is 0 Å². The van der Waals surface area contributed by atoms with Crippen LogP contribution in [0.4, 0.5) is 5.95 Å². The van der Waals surface area contributed by atoms with Crippen LogP contribution in [0.15, 0.2) is 59.1 Å². The third kappa shape index (κ3) is 3.69. The summed E-state index contributed by atoms with van der Waals surface area (Å²) in [6, 6.07) is 17.6. The van der Waals surface area contributed by atoms with Crippen molar-refractivity contribution >= 4 is 11.9 Å². The van der Waals surface area contributed by atoms with E-state index in [9.17, 15) is 4.79 Å². The Hall–Kier alpha value is -3.15. The minimum Gasteiger partial charge on any atom is -0.335 e. The van der Waals surface area contributed by atoms with Gasteiger partial charge in [0.25, 0.3) is 17.7 Å². The highest BCUT2D eigenvalue weighted by atomic mass is 16.5. The Morgan fingerprint density at radius 2 is 1.70 bits per heavy atom. The molecule has 1 aromatic heterocycles. The lowest BCUT2D eigenvalue weighted by Gasteiger charge is -2.33. The summed E-state index contributed by atoms with van der Waals surface area (Å²) in [4.78, 5) is 21.1. The van der Waals surface area contributed by atoms with Crippen LogP contribution >= 0.6 is 0 Å². The first-order chi connectivity index (χ1) is 13.2. The number of rotatable bonds is 4. The lowest BCUT2D eigenvalue weighted by molar-refractivity contribution is 0.0746. The standard InChI is InChI=1S/C21H22N4O2/c1-2-16-8-10-18(11-9-16)20(26)24-12-14-25(15-13-24)21-22-19(27-23-21)17-6-4-3-5-7-17/h3-11H,2,12-15H2,1H3. The number of carbonyl (C=O) groups excluding carboxylic acids is 1. The van der Waals surface area contributed by atoms with E-state index in [4.69, 9.17) is 4.52 Å². The second-order valence-corrected chi connectivity index (χ2v) is 6.60. The number of aromatic nitrogens is 2. The number of carbonyl (C=O) groups is 1. The first kappa shape index (κ1) is 17.3. The van der Waals surface area contributed by atoms with Crippen molar-refractivity contribution in [2.75, 3.05) is 31.1 Å². The predicted molar refractivity (Wildman–Crippen MR) is 104 cm³/mol. The van der Waals surface area contributed by atoms with Crippen LogP contribution in [0.5, 0.6) is 0 Å². The van der Waals surface area contributed by atoms with E-state index in [1.165, 1.54) is 5.56 Å². The smallest absolute Gasteiger partial charge is 0.266 e. The van der Waals surface area contributed by atoms with Crippen molar-refractivity contribution in [2.24, 2.45) is 0 Å². The number of aryl methyl sites for hydroxylation is 1. The maximum absolute atomic E-state index is 12.7. The summed E-state index contributed by atoms with van der Waals surface area (Å²) in [5.74, 6) is 1.17. The molecule has 1 fully saturated rings. The predicted octanol–water partition coefficient (Wildman–Crippen LogP) is 3.26. The molecule has 1 saturated heterocycles. The highest BCUT2D eigenvalue weighted by molar-refractivity contribution is 5.94. The largest absolute Gasteiger partial charge is 0.335 e. The average molecular weight is 362 g/mol. The van der Waals surface area contributed by atoms with Gasteiger partial charge in [0.1, 0.15) is 0 Å². The molecule has 138 valence electrons. The zero-order chi connectivity index (χ0) is 18.6. The highest BCUT2D eigenvalue weighted by Crippen LogP contribution is 2.21. The van der Waals surface area contributed by atoms with Crippen LogP contribution in [0.2, 0.25) is 0 Å². The van der Waals surface area contributed by atoms with E-state index in [-0.39, 0.29) is 5.91 Å². The monoisotopic (exact) mass is 362 g/mol. The summed E-state index contributed by atoms with van der Waals surface area (Å²) in [6.45, 7) is 4.77. The van der Waals surface area contributed by atoms with Crippen molar-refractivity contribution in [1.82, 2.24) is 15.0 Å². The second-order valence-electron chi connectivity index (χ2n) is 6.60. The maximum Gasteiger partial charge on any atom is 0.266 e. The summed E-state index contributed by atoms with van der Waals surface area (Å²) in [5.41, 5.74) is 2.88. The molecule has 0 saturated carbocycles. The molecule has 3 aromatic rings. The molecule has 6 heteroatoms. The first-order valence-corrected chi connectivity index (χ1v) is 9.27. The molecule has 0 bridgehead atoms. The summed E-state index contributed by atoms with van der Waals surface area (Å²) >= 11 is 0. The Balaban J connectivity index is 1.39. The molecular formula is C21H22N4O2. The van der Waals surface area contributed by atoms with Gasteiger partial charge in [-0.2, -0.15) is 4.98 Å². The molecule has 1 amide bonds. The minimum absolute atomic E-state index is 0.0791. The van der Waals surface area contributed by atoms with E-state index in [0.717, 1.165) is 17.5 Å². The van der Waals surface area contributed by atoms with Crippen LogP contribution < -0.4 is 4.90 Å². The van der Waals surface area contributed by atoms with E-state index in [1.807, 2.05) is 59.5 Å². The molecule has 2 heterocycles. The number of hydrogen-bond acceptors (Lipinski definition) is 5. The van der Waals surface area contributed by atoms with E-state index >= 15 is 0 Å². The van der Waals surface area contributed by atoms with Crippen molar-refractivity contribution < 1.29 is 9.32 Å². The van der Waals surface area contributed by atoms with Crippen LogP contribution in [-0.2, 0) is 6.42 Å². The van der Waals surface area contributed by atoms with Gasteiger partial charge in [-0.1, -0.05) is 37.3 Å². The zero-order valence-electron chi connectivity index (χ0n) is 15.3. The van der Waals surface area contributed by atoms with Crippen LogP contribution in [0, 0.1) is 0 Å². The van der Waals surface area contributed by atoms with E-state index in [1.54, 1.807) is 0 Å². The Bertz CT molecular complexity index is 897.